The highest BCUT2D eigenvalue weighted by Crippen LogP contribution is 2.27. The lowest BCUT2D eigenvalue weighted by molar-refractivity contribution is 0.0668. The molecule has 1 aliphatic heterocycles. The summed E-state index contributed by atoms with van der Waals surface area (Å²) in [5.41, 5.74) is 0.648. The molecule has 3 nitrogen and oxygen atoms in total. The molecule has 1 atom stereocenters. The number of methoxy groups -OCH3 is 1. The summed E-state index contributed by atoms with van der Waals surface area (Å²) in [7, 11) is 1.60. The van der Waals surface area contributed by atoms with Crippen LogP contribution in [0.5, 0.6) is 5.75 Å². The number of hydrogen-bond donors (Lipinski definition) is 0. The van der Waals surface area contributed by atoms with Crippen molar-refractivity contribution in [2.24, 2.45) is 5.92 Å². The van der Waals surface area contributed by atoms with E-state index in [1.54, 1.807) is 7.11 Å². The Bertz CT molecular complexity index is 477. The highest BCUT2D eigenvalue weighted by atomic mass is 79.9. The molecule has 0 spiro atoms. The van der Waals surface area contributed by atoms with Gasteiger partial charge in [-0.1, -0.05) is 31.9 Å². The van der Waals surface area contributed by atoms with Gasteiger partial charge in [-0.2, -0.15) is 0 Å². The number of alkyl halides is 1. The number of rotatable bonds is 4. The van der Waals surface area contributed by atoms with Crippen molar-refractivity contribution in [3.8, 4) is 5.75 Å². The Morgan fingerprint density at radius 2 is 2.30 bits per heavy atom. The van der Waals surface area contributed by atoms with Crippen LogP contribution in [0.25, 0.3) is 0 Å². The van der Waals surface area contributed by atoms with Gasteiger partial charge >= 0.3 is 0 Å². The van der Waals surface area contributed by atoms with Gasteiger partial charge in [-0.05, 0) is 43.4 Å². The lowest BCUT2D eigenvalue weighted by Crippen LogP contribution is -2.40. The number of halogens is 2. The lowest BCUT2D eigenvalue weighted by atomic mass is 9.95. The molecule has 1 unspecified atom stereocenters. The number of carbonyl (C=O) groups excluding carboxylic acids is 1. The van der Waals surface area contributed by atoms with Crippen LogP contribution in [0.2, 0.25) is 0 Å². The fourth-order valence-electron chi connectivity index (χ4n) is 2.65. The number of piperidine rings is 1. The molecule has 1 aliphatic rings. The minimum absolute atomic E-state index is 0.0774. The van der Waals surface area contributed by atoms with Crippen LogP contribution >= 0.6 is 31.9 Å². The van der Waals surface area contributed by atoms with Gasteiger partial charge in [0.2, 0.25) is 0 Å². The van der Waals surface area contributed by atoms with Crippen molar-refractivity contribution in [2.75, 3.05) is 25.5 Å². The summed E-state index contributed by atoms with van der Waals surface area (Å²) in [4.78, 5) is 14.6. The first kappa shape index (κ1) is 15.8. The second kappa shape index (κ2) is 7.46. The molecule has 20 heavy (non-hydrogen) atoms. The number of nitrogens with zero attached hydrogens (tertiary/aromatic N) is 1. The van der Waals surface area contributed by atoms with Crippen molar-refractivity contribution < 1.29 is 9.53 Å². The van der Waals surface area contributed by atoms with Gasteiger partial charge in [0.1, 0.15) is 5.75 Å². The number of ether oxygens (including phenoxy) is 1. The Morgan fingerprint density at radius 3 is 3.00 bits per heavy atom. The Balaban J connectivity index is 2.14. The maximum atomic E-state index is 12.7. The summed E-state index contributed by atoms with van der Waals surface area (Å²) in [5.74, 6) is 1.31. The van der Waals surface area contributed by atoms with Crippen LogP contribution in [0.3, 0.4) is 0 Å². The molecule has 1 amide bonds. The zero-order valence-electron chi connectivity index (χ0n) is 11.6. The van der Waals surface area contributed by atoms with Crippen LogP contribution in [-0.2, 0) is 0 Å². The highest BCUT2D eigenvalue weighted by molar-refractivity contribution is 9.10. The molecule has 1 aromatic rings. The first-order valence-electron chi connectivity index (χ1n) is 6.84. The topological polar surface area (TPSA) is 29.5 Å². The number of amides is 1. The van der Waals surface area contributed by atoms with E-state index in [1.807, 2.05) is 23.1 Å². The minimum Gasteiger partial charge on any atom is -0.496 e. The van der Waals surface area contributed by atoms with Crippen molar-refractivity contribution in [1.82, 2.24) is 4.90 Å². The van der Waals surface area contributed by atoms with Crippen LogP contribution in [0.15, 0.2) is 22.7 Å². The SMILES string of the molecule is COc1cc(Br)ccc1C(=O)N1CCCC(CCBr)C1. The van der Waals surface area contributed by atoms with Gasteiger partial charge in [-0.25, -0.2) is 0 Å². The van der Waals surface area contributed by atoms with Gasteiger partial charge < -0.3 is 9.64 Å². The van der Waals surface area contributed by atoms with Gasteiger partial charge in [0.25, 0.3) is 5.91 Å². The third-order valence-electron chi connectivity index (χ3n) is 3.72. The summed E-state index contributed by atoms with van der Waals surface area (Å²) < 4.78 is 6.25. The second-order valence-electron chi connectivity index (χ2n) is 5.08. The molecule has 1 aromatic carbocycles. The van der Waals surface area contributed by atoms with Crippen molar-refractivity contribution in [3.63, 3.8) is 0 Å². The zero-order valence-corrected chi connectivity index (χ0v) is 14.7. The van der Waals surface area contributed by atoms with E-state index >= 15 is 0 Å². The Kier molecular flexibility index (Phi) is 5.90. The van der Waals surface area contributed by atoms with E-state index in [9.17, 15) is 4.79 Å². The lowest BCUT2D eigenvalue weighted by Gasteiger charge is -2.33. The predicted octanol–water partition coefficient (Wildman–Crippen LogP) is 4.09. The molecule has 110 valence electrons. The van der Waals surface area contributed by atoms with E-state index in [0.717, 1.165) is 35.7 Å². The van der Waals surface area contributed by atoms with Crippen LogP contribution < -0.4 is 4.74 Å². The quantitative estimate of drug-likeness (QED) is 0.707. The smallest absolute Gasteiger partial charge is 0.257 e. The molecule has 0 aromatic heterocycles. The van der Waals surface area contributed by atoms with E-state index < -0.39 is 0 Å². The molecule has 0 radical (unpaired) electrons. The molecule has 1 saturated heterocycles. The van der Waals surface area contributed by atoms with E-state index in [4.69, 9.17) is 4.74 Å². The largest absolute Gasteiger partial charge is 0.496 e. The molecule has 0 bridgehead atoms. The normalized spacial score (nSPS) is 18.9. The van der Waals surface area contributed by atoms with E-state index in [-0.39, 0.29) is 5.91 Å². The van der Waals surface area contributed by atoms with Crippen LogP contribution in [0.1, 0.15) is 29.6 Å². The first-order valence-corrected chi connectivity index (χ1v) is 8.76. The fraction of sp³-hybridized carbons (Fsp3) is 0.533. The van der Waals surface area contributed by atoms with E-state index in [1.165, 1.54) is 6.42 Å². The standard InChI is InChI=1S/C15H19Br2NO2/c1-20-14-9-12(17)4-5-13(14)15(19)18-8-2-3-11(10-18)6-7-16/h4-5,9,11H,2-3,6-8,10H2,1H3. The van der Waals surface area contributed by atoms with Crippen molar-refractivity contribution in [1.29, 1.82) is 0 Å². The van der Waals surface area contributed by atoms with Crippen LogP contribution in [0.4, 0.5) is 0 Å². The maximum Gasteiger partial charge on any atom is 0.257 e. The molecule has 0 N–H and O–H groups in total. The Hall–Kier alpha value is -0.550. The fourth-order valence-corrected chi connectivity index (χ4v) is 3.64. The molecular weight excluding hydrogens is 386 g/mol. The zero-order chi connectivity index (χ0) is 14.5. The maximum absolute atomic E-state index is 12.7. The van der Waals surface area contributed by atoms with Crippen molar-refractivity contribution >= 4 is 37.8 Å². The monoisotopic (exact) mass is 403 g/mol. The van der Waals surface area contributed by atoms with Gasteiger partial charge in [0, 0.05) is 22.9 Å². The molecule has 0 saturated carbocycles. The van der Waals surface area contributed by atoms with Crippen LogP contribution in [-0.4, -0.2) is 36.3 Å². The summed E-state index contributed by atoms with van der Waals surface area (Å²) in [6, 6.07) is 5.56. The third kappa shape index (κ3) is 3.76. The summed E-state index contributed by atoms with van der Waals surface area (Å²) in [6.45, 7) is 1.69. The second-order valence-corrected chi connectivity index (χ2v) is 6.79. The number of carbonyl (C=O) groups is 1. The Labute approximate surface area is 136 Å². The van der Waals surface area contributed by atoms with Gasteiger partial charge in [0.05, 0.1) is 12.7 Å². The number of benzene rings is 1. The molecule has 0 aliphatic carbocycles. The molecular formula is C15H19Br2NO2. The Morgan fingerprint density at radius 1 is 1.50 bits per heavy atom. The van der Waals surface area contributed by atoms with E-state index in [0.29, 0.717) is 17.2 Å². The van der Waals surface area contributed by atoms with Gasteiger partial charge in [-0.3, -0.25) is 4.79 Å². The van der Waals surface area contributed by atoms with E-state index in [2.05, 4.69) is 31.9 Å². The number of hydrogen-bond acceptors (Lipinski definition) is 2. The first-order chi connectivity index (χ1) is 9.65. The van der Waals surface area contributed by atoms with Crippen molar-refractivity contribution in [2.45, 2.75) is 19.3 Å². The average Bonchev–Trinajstić information content (AvgIpc) is 2.47. The number of likely N-dealkylation sites (tertiary alicyclic amines) is 1. The van der Waals surface area contributed by atoms with Crippen molar-refractivity contribution in [3.05, 3.63) is 28.2 Å². The minimum atomic E-state index is 0.0774. The highest BCUT2D eigenvalue weighted by Gasteiger charge is 2.25. The van der Waals surface area contributed by atoms with Gasteiger partial charge in [-0.15, -0.1) is 0 Å². The molecule has 2 rings (SSSR count). The molecule has 5 heteroatoms. The predicted molar refractivity (Wildman–Crippen MR) is 87.7 cm³/mol. The van der Waals surface area contributed by atoms with Gasteiger partial charge in [0.15, 0.2) is 0 Å². The average molecular weight is 405 g/mol. The molecule has 1 heterocycles. The summed E-state index contributed by atoms with van der Waals surface area (Å²) in [5, 5.41) is 1.00. The third-order valence-corrected chi connectivity index (χ3v) is 4.67. The van der Waals surface area contributed by atoms with Crippen LogP contribution in [0, 0.1) is 5.92 Å². The molecule has 1 fully saturated rings. The summed E-state index contributed by atoms with van der Waals surface area (Å²) >= 11 is 6.89. The summed E-state index contributed by atoms with van der Waals surface area (Å²) in [6.07, 6.45) is 3.43.